The smallest absolute Gasteiger partial charge is 0.186 e. The van der Waals surface area contributed by atoms with Crippen LogP contribution in [-0.4, -0.2) is 28.3 Å². The van der Waals surface area contributed by atoms with E-state index in [-0.39, 0.29) is 4.48 Å². The van der Waals surface area contributed by atoms with Crippen molar-refractivity contribution in [3.63, 3.8) is 0 Å². The fourth-order valence-electron chi connectivity index (χ4n) is 2.16. The zero-order chi connectivity index (χ0) is 12.4. The zero-order valence-electron chi connectivity index (χ0n) is 10.2. The van der Waals surface area contributed by atoms with Gasteiger partial charge in [0.2, 0.25) is 0 Å². The first-order valence-corrected chi connectivity index (χ1v) is 5.23. The van der Waals surface area contributed by atoms with Gasteiger partial charge in [0, 0.05) is 27.7 Å². The van der Waals surface area contributed by atoms with Crippen molar-refractivity contribution >= 4 is 6.21 Å². The van der Waals surface area contributed by atoms with Crippen LogP contribution in [0.4, 0.5) is 0 Å². The summed E-state index contributed by atoms with van der Waals surface area (Å²) in [5.41, 5.74) is -1.33. The van der Waals surface area contributed by atoms with Crippen LogP contribution >= 0.6 is 0 Å². The van der Waals surface area contributed by atoms with E-state index in [0.717, 1.165) is 0 Å². The van der Waals surface area contributed by atoms with Gasteiger partial charge in [-0.25, -0.2) is 0 Å². The standard InChI is InChI=1S/C12H17N4/c1-11(2,9-13)16(12(3,4)10-14)7-5-15-6-8-16/h5-7H,8H2,1-4H3/q+1. The maximum atomic E-state index is 9.32. The lowest BCUT2D eigenvalue weighted by Crippen LogP contribution is -2.68. The van der Waals surface area contributed by atoms with Crippen molar-refractivity contribution in [1.29, 1.82) is 10.5 Å². The van der Waals surface area contributed by atoms with E-state index >= 15 is 0 Å². The number of rotatable bonds is 2. The SMILES string of the molecule is CC(C)(C#N)[N+]1(C(C)(C)C#N)C=CN=CC1. The molecule has 1 rings (SSSR count). The van der Waals surface area contributed by atoms with Crippen molar-refractivity contribution in [3.8, 4) is 12.1 Å². The van der Waals surface area contributed by atoms with Gasteiger partial charge >= 0.3 is 0 Å². The fraction of sp³-hybridized carbons (Fsp3) is 0.583. The predicted octanol–water partition coefficient (Wildman–Crippen LogP) is 1.96. The summed E-state index contributed by atoms with van der Waals surface area (Å²) in [7, 11) is 0. The maximum absolute atomic E-state index is 9.32. The second kappa shape index (κ2) is 3.73. The molecule has 0 aliphatic carbocycles. The molecule has 0 saturated carbocycles. The van der Waals surface area contributed by atoms with Gasteiger partial charge in [0.25, 0.3) is 0 Å². The highest BCUT2D eigenvalue weighted by atomic mass is 15.4. The average Bonchev–Trinajstić information content (AvgIpc) is 2.29. The van der Waals surface area contributed by atoms with E-state index in [2.05, 4.69) is 17.1 Å². The lowest BCUT2D eigenvalue weighted by molar-refractivity contribution is -0.946. The van der Waals surface area contributed by atoms with E-state index in [1.807, 2.05) is 33.9 Å². The van der Waals surface area contributed by atoms with Gasteiger partial charge in [-0.3, -0.25) is 9.48 Å². The Morgan fingerprint density at radius 2 is 1.62 bits per heavy atom. The summed E-state index contributed by atoms with van der Waals surface area (Å²) in [6, 6.07) is 4.60. The third kappa shape index (κ3) is 1.52. The van der Waals surface area contributed by atoms with Gasteiger partial charge in [0.05, 0.1) is 12.4 Å². The Balaban J connectivity index is 3.38. The van der Waals surface area contributed by atoms with Gasteiger partial charge in [0.15, 0.2) is 11.1 Å². The van der Waals surface area contributed by atoms with Crippen LogP contribution in [0.5, 0.6) is 0 Å². The maximum Gasteiger partial charge on any atom is 0.186 e. The van der Waals surface area contributed by atoms with Crippen LogP contribution in [0.2, 0.25) is 0 Å². The minimum absolute atomic E-state index is 0.288. The lowest BCUT2D eigenvalue weighted by Gasteiger charge is -2.50. The Labute approximate surface area is 96.7 Å². The molecule has 1 heterocycles. The summed E-state index contributed by atoms with van der Waals surface area (Å²) in [4.78, 5) is 4.03. The molecule has 4 nitrogen and oxygen atoms in total. The van der Waals surface area contributed by atoms with Crippen LogP contribution in [0.25, 0.3) is 0 Å². The molecule has 0 fully saturated rings. The van der Waals surface area contributed by atoms with Crippen LogP contribution in [-0.2, 0) is 0 Å². The van der Waals surface area contributed by atoms with Gasteiger partial charge in [0.1, 0.15) is 24.9 Å². The van der Waals surface area contributed by atoms with E-state index in [1.165, 1.54) is 0 Å². The third-order valence-electron chi connectivity index (χ3n) is 3.42. The van der Waals surface area contributed by atoms with E-state index < -0.39 is 11.1 Å². The molecule has 16 heavy (non-hydrogen) atoms. The molecule has 0 saturated heterocycles. The van der Waals surface area contributed by atoms with Gasteiger partial charge in [-0.05, 0) is 0 Å². The fourth-order valence-corrected chi connectivity index (χ4v) is 2.16. The first kappa shape index (κ1) is 12.4. The normalized spacial score (nSPS) is 18.9. The second-order valence-electron chi connectivity index (χ2n) is 5.02. The van der Waals surface area contributed by atoms with Crippen molar-refractivity contribution in [2.45, 2.75) is 38.8 Å². The van der Waals surface area contributed by atoms with Crippen LogP contribution < -0.4 is 0 Å². The quantitative estimate of drug-likeness (QED) is 0.664. The average molecular weight is 217 g/mol. The minimum atomic E-state index is -0.665. The second-order valence-corrected chi connectivity index (χ2v) is 5.02. The van der Waals surface area contributed by atoms with Gasteiger partial charge in [-0.1, -0.05) is 0 Å². The molecule has 0 bridgehead atoms. The van der Waals surface area contributed by atoms with Crippen molar-refractivity contribution in [3.05, 3.63) is 12.4 Å². The Morgan fingerprint density at radius 1 is 1.12 bits per heavy atom. The van der Waals surface area contributed by atoms with Crippen molar-refractivity contribution in [2.75, 3.05) is 6.54 Å². The first-order chi connectivity index (χ1) is 7.33. The van der Waals surface area contributed by atoms with Crippen molar-refractivity contribution < 1.29 is 4.48 Å². The number of nitriles is 2. The number of hydrogen-bond acceptors (Lipinski definition) is 3. The molecular formula is C12H17N4+. The van der Waals surface area contributed by atoms with E-state index in [9.17, 15) is 10.5 Å². The van der Waals surface area contributed by atoms with Gasteiger partial charge in [-0.2, -0.15) is 10.5 Å². The molecule has 1 aliphatic heterocycles. The summed E-state index contributed by atoms with van der Waals surface area (Å²) in [5, 5.41) is 18.6. The Bertz CT molecular complexity index is 389. The van der Waals surface area contributed by atoms with Crippen LogP contribution in [0.3, 0.4) is 0 Å². The molecule has 0 aromatic carbocycles. The number of quaternary nitrogens is 1. The van der Waals surface area contributed by atoms with E-state index in [1.54, 1.807) is 12.4 Å². The summed E-state index contributed by atoms with van der Waals surface area (Å²) in [6.45, 7) is 7.99. The largest absolute Gasteiger partial charge is 0.259 e. The van der Waals surface area contributed by atoms with E-state index in [4.69, 9.17) is 0 Å². The Hall–Kier alpha value is -1.65. The summed E-state index contributed by atoms with van der Waals surface area (Å²) in [5.74, 6) is 0. The molecule has 1 aliphatic rings. The zero-order valence-corrected chi connectivity index (χ0v) is 10.2. The van der Waals surface area contributed by atoms with E-state index in [0.29, 0.717) is 6.54 Å². The van der Waals surface area contributed by atoms with Crippen LogP contribution in [0.1, 0.15) is 27.7 Å². The molecule has 0 aromatic heterocycles. The van der Waals surface area contributed by atoms with Crippen molar-refractivity contribution in [2.24, 2.45) is 4.99 Å². The van der Waals surface area contributed by atoms with Crippen LogP contribution in [0, 0.1) is 22.7 Å². The summed E-state index contributed by atoms with van der Waals surface area (Å²) >= 11 is 0. The molecule has 0 N–H and O–H groups in total. The molecule has 0 amide bonds. The Kier molecular flexibility index (Phi) is 2.90. The highest BCUT2D eigenvalue weighted by Crippen LogP contribution is 2.36. The molecule has 0 spiro atoms. The molecule has 84 valence electrons. The monoisotopic (exact) mass is 217 g/mol. The third-order valence-corrected chi connectivity index (χ3v) is 3.42. The number of nitrogens with zero attached hydrogens (tertiary/aromatic N) is 4. The molecule has 0 aromatic rings. The topological polar surface area (TPSA) is 59.9 Å². The molecular weight excluding hydrogens is 200 g/mol. The molecule has 0 radical (unpaired) electrons. The number of aliphatic imine (C=N–C) groups is 1. The predicted molar refractivity (Wildman–Crippen MR) is 62.1 cm³/mol. The lowest BCUT2D eigenvalue weighted by atomic mass is 9.89. The molecule has 4 heteroatoms. The van der Waals surface area contributed by atoms with Crippen molar-refractivity contribution in [1.82, 2.24) is 0 Å². The highest BCUT2D eigenvalue weighted by Gasteiger charge is 2.54. The Morgan fingerprint density at radius 3 is 1.94 bits per heavy atom. The molecule has 0 atom stereocenters. The molecule has 0 unspecified atom stereocenters. The summed E-state index contributed by atoms with van der Waals surface area (Å²) in [6.07, 6.45) is 5.28. The summed E-state index contributed by atoms with van der Waals surface area (Å²) < 4.78 is 0.288. The first-order valence-electron chi connectivity index (χ1n) is 5.23. The number of hydrogen-bond donors (Lipinski definition) is 0. The minimum Gasteiger partial charge on any atom is -0.259 e. The van der Waals surface area contributed by atoms with Crippen LogP contribution in [0.15, 0.2) is 17.4 Å². The van der Waals surface area contributed by atoms with Gasteiger partial charge < -0.3 is 0 Å². The van der Waals surface area contributed by atoms with Gasteiger partial charge in [-0.15, -0.1) is 0 Å². The highest BCUT2D eigenvalue weighted by molar-refractivity contribution is 5.60.